The SMILES string of the molecule is COc1cccc(-c2ncc(CN(Cc3cccc(CNC(=O)c4c(Cl)cncc4Cl)c3)c3ccc4c(n3)CCCC4)[nH]2)c1. The number of ether oxygens (including phenoxy) is 1. The van der Waals surface area contributed by atoms with Crippen molar-refractivity contribution in [1.29, 1.82) is 0 Å². The second-order valence-corrected chi connectivity index (χ2v) is 11.6. The maximum Gasteiger partial charge on any atom is 0.254 e. The fraction of sp³-hybridized carbons (Fsp3) is 0.235. The van der Waals surface area contributed by atoms with Crippen LogP contribution in [0, 0.1) is 0 Å². The molecule has 1 amide bonds. The maximum absolute atomic E-state index is 12.8. The number of halogens is 2. The van der Waals surface area contributed by atoms with E-state index in [1.165, 1.54) is 30.1 Å². The molecule has 1 aliphatic carbocycles. The molecular weight excluding hydrogens is 595 g/mol. The van der Waals surface area contributed by atoms with E-state index in [2.05, 4.69) is 49.4 Å². The smallest absolute Gasteiger partial charge is 0.254 e. The van der Waals surface area contributed by atoms with Crippen molar-refractivity contribution in [2.45, 2.75) is 45.3 Å². The van der Waals surface area contributed by atoms with Gasteiger partial charge in [0.2, 0.25) is 0 Å². The van der Waals surface area contributed by atoms with E-state index < -0.39 is 0 Å². The molecule has 0 saturated carbocycles. The number of hydrogen-bond donors (Lipinski definition) is 2. The Kier molecular flexibility index (Phi) is 9.09. The molecular formula is C34H32Cl2N6O2. The number of carbonyl (C=O) groups excluding carboxylic acids is 1. The molecule has 3 heterocycles. The van der Waals surface area contributed by atoms with Crippen molar-refractivity contribution in [1.82, 2.24) is 25.3 Å². The van der Waals surface area contributed by atoms with E-state index in [0.717, 1.165) is 59.0 Å². The minimum absolute atomic E-state index is 0.213. The number of anilines is 1. The average Bonchev–Trinajstić information content (AvgIpc) is 3.52. The molecule has 0 radical (unpaired) electrons. The third kappa shape index (κ3) is 6.87. The first-order chi connectivity index (χ1) is 21.5. The molecule has 0 spiro atoms. The van der Waals surface area contributed by atoms with E-state index in [0.29, 0.717) is 19.6 Å². The number of nitrogens with zero attached hydrogens (tertiary/aromatic N) is 4. The Labute approximate surface area is 266 Å². The Morgan fingerprint density at radius 3 is 2.59 bits per heavy atom. The van der Waals surface area contributed by atoms with Gasteiger partial charge in [0.1, 0.15) is 17.4 Å². The Hall–Kier alpha value is -4.40. The highest BCUT2D eigenvalue weighted by Gasteiger charge is 2.18. The quantitative estimate of drug-likeness (QED) is 0.170. The number of pyridine rings is 2. The van der Waals surface area contributed by atoms with E-state index in [-0.39, 0.29) is 21.5 Å². The van der Waals surface area contributed by atoms with Gasteiger partial charge in [0.05, 0.1) is 41.2 Å². The van der Waals surface area contributed by atoms with Crippen LogP contribution >= 0.6 is 23.2 Å². The first-order valence-corrected chi connectivity index (χ1v) is 15.3. The number of hydrogen-bond acceptors (Lipinski definition) is 6. The molecule has 6 rings (SSSR count). The largest absolute Gasteiger partial charge is 0.497 e. The third-order valence-corrected chi connectivity index (χ3v) is 8.29. The molecule has 0 fully saturated rings. The molecule has 10 heteroatoms. The van der Waals surface area contributed by atoms with Crippen molar-refractivity contribution < 1.29 is 9.53 Å². The van der Waals surface area contributed by atoms with Crippen molar-refractivity contribution in [3.63, 3.8) is 0 Å². The number of aromatic nitrogens is 4. The standard InChI is InChI=1S/C34H32Cl2N6O2/c1-44-27-10-5-9-25(15-27)33-38-17-26(40-33)21-42(31-13-12-24-8-2-3-11-30(24)41-31)20-23-7-4-6-22(14-23)16-39-34(43)32-28(35)18-37-19-29(32)36/h4-7,9-10,12-15,17-19H,2-3,8,11,16,20-21H2,1H3,(H,38,40)(H,39,43). The number of rotatable bonds is 10. The van der Waals surface area contributed by atoms with E-state index in [1.807, 2.05) is 42.6 Å². The van der Waals surface area contributed by atoms with Crippen molar-refractivity contribution in [3.8, 4) is 17.1 Å². The number of aryl methyl sites for hydroxylation is 2. The summed E-state index contributed by atoms with van der Waals surface area (Å²) in [7, 11) is 1.66. The number of fused-ring (bicyclic) bond motifs is 1. The number of benzene rings is 2. The number of H-pyrrole nitrogens is 1. The molecule has 5 aromatic rings. The van der Waals surface area contributed by atoms with Crippen molar-refractivity contribution in [2.75, 3.05) is 12.0 Å². The molecule has 0 saturated heterocycles. The summed E-state index contributed by atoms with van der Waals surface area (Å²) in [5.41, 5.74) is 6.72. The number of methoxy groups -OCH3 is 1. The first-order valence-electron chi connectivity index (χ1n) is 14.5. The minimum Gasteiger partial charge on any atom is -0.497 e. The van der Waals surface area contributed by atoms with Crippen LogP contribution in [0.5, 0.6) is 5.75 Å². The minimum atomic E-state index is -0.348. The number of nitrogens with one attached hydrogen (secondary N) is 2. The first kappa shape index (κ1) is 29.7. The molecule has 1 aliphatic rings. The lowest BCUT2D eigenvalue weighted by molar-refractivity contribution is 0.0951. The fourth-order valence-electron chi connectivity index (χ4n) is 5.48. The number of amides is 1. The van der Waals surface area contributed by atoms with E-state index in [9.17, 15) is 4.79 Å². The van der Waals surface area contributed by atoms with Gasteiger partial charge in [-0.3, -0.25) is 9.78 Å². The Morgan fingerprint density at radius 1 is 0.955 bits per heavy atom. The molecule has 44 heavy (non-hydrogen) atoms. The van der Waals surface area contributed by atoms with Crippen molar-refractivity contribution in [3.05, 3.63) is 123 Å². The zero-order valence-electron chi connectivity index (χ0n) is 24.3. The van der Waals surface area contributed by atoms with Crippen LogP contribution in [-0.4, -0.2) is 33.0 Å². The van der Waals surface area contributed by atoms with Crippen LogP contribution in [0.25, 0.3) is 11.4 Å². The molecule has 2 aromatic carbocycles. The van der Waals surface area contributed by atoms with Crippen LogP contribution in [0.15, 0.2) is 79.3 Å². The highest BCUT2D eigenvalue weighted by atomic mass is 35.5. The molecule has 0 bridgehead atoms. The summed E-state index contributed by atoms with van der Waals surface area (Å²) >= 11 is 12.4. The van der Waals surface area contributed by atoms with Gasteiger partial charge in [0.15, 0.2) is 0 Å². The Morgan fingerprint density at radius 2 is 1.75 bits per heavy atom. The Balaban J connectivity index is 1.23. The van der Waals surface area contributed by atoms with Gasteiger partial charge in [-0.2, -0.15) is 0 Å². The van der Waals surface area contributed by atoms with Crippen molar-refractivity contribution in [2.24, 2.45) is 0 Å². The van der Waals surface area contributed by atoms with E-state index in [4.69, 9.17) is 32.9 Å². The maximum atomic E-state index is 12.8. The summed E-state index contributed by atoms with van der Waals surface area (Å²) in [6.07, 6.45) is 9.15. The lowest BCUT2D eigenvalue weighted by atomic mass is 9.96. The fourth-order valence-corrected chi connectivity index (χ4v) is 6.02. The monoisotopic (exact) mass is 626 g/mol. The van der Waals surface area contributed by atoms with Crippen LogP contribution in [0.3, 0.4) is 0 Å². The van der Waals surface area contributed by atoms with Crippen LogP contribution in [0.4, 0.5) is 5.82 Å². The lowest BCUT2D eigenvalue weighted by Crippen LogP contribution is -2.25. The number of aromatic amines is 1. The lowest BCUT2D eigenvalue weighted by Gasteiger charge is -2.26. The average molecular weight is 628 g/mol. The van der Waals surface area contributed by atoms with Crippen molar-refractivity contribution >= 4 is 34.9 Å². The predicted molar refractivity (Wildman–Crippen MR) is 173 cm³/mol. The molecule has 0 unspecified atom stereocenters. The molecule has 3 aromatic heterocycles. The third-order valence-electron chi connectivity index (χ3n) is 7.72. The molecule has 8 nitrogen and oxygen atoms in total. The van der Waals surface area contributed by atoms with Crippen LogP contribution in [-0.2, 0) is 32.5 Å². The topological polar surface area (TPSA) is 96.0 Å². The molecule has 224 valence electrons. The summed E-state index contributed by atoms with van der Waals surface area (Å²) in [6.45, 7) is 1.52. The van der Waals surface area contributed by atoms with Crippen LogP contribution < -0.4 is 15.0 Å². The highest BCUT2D eigenvalue weighted by molar-refractivity contribution is 6.39. The van der Waals surface area contributed by atoms with E-state index in [1.54, 1.807) is 7.11 Å². The highest BCUT2D eigenvalue weighted by Crippen LogP contribution is 2.27. The second kappa shape index (κ2) is 13.5. The summed E-state index contributed by atoms with van der Waals surface area (Å²) in [5.74, 6) is 2.13. The van der Waals surface area contributed by atoms with E-state index >= 15 is 0 Å². The number of imidazole rings is 1. The predicted octanol–water partition coefficient (Wildman–Crippen LogP) is 7.20. The second-order valence-electron chi connectivity index (χ2n) is 10.8. The van der Waals surface area contributed by atoms with Gasteiger partial charge in [-0.15, -0.1) is 0 Å². The summed E-state index contributed by atoms with van der Waals surface area (Å²) in [6, 6.07) is 20.3. The zero-order valence-corrected chi connectivity index (χ0v) is 25.8. The molecule has 2 N–H and O–H groups in total. The van der Waals surface area contributed by atoms with Gasteiger partial charge in [0, 0.05) is 36.7 Å². The van der Waals surface area contributed by atoms with Gasteiger partial charge in [-0.05, 0) is 60.6 Å². The Bertz CT molecular complexity index is 1770. The summed E-state index contributed by atoms with van der Waals surface area (Å²) < 4.78 is 5.39. The van der Waals surface area contributed by atoms with Gasteiger partial charge in [-0.1, -0.05) is 65.7 Å². The van der Waals surface area contributed by atoms with Gasteiger partial charge in [-0.25, -0.2) is 9.97 Å². The molecule has 0 aliphatic heterocycles. The zero-order chi connectivity index (χ0) is 30.5. The van der Waals surface area contributed by atoms with Gasteiger partial charge >= 0.3 is 0 Å². The molecule has 0 atom stereocenters. The van der Waals surface area contributed by atoms with Gasteiger partial charge < -0.3 is 19.9 Å². The van der Waals surface area contributed by atoms with Crippen LogP contribution in [0.2, 0.25) is 10.0 Å². The van der Waals surface area contributed by atoms with Gasteiger partial charge in [0.25, 0.3) is 5.91 Å². The summed E-state index contributed by atoms with van der Waals surface area (Å²) in [4.78, 5) is 32.3. The normalized spacial score (nSPS) is 12.4. The van der Waals surface area contributed by atoms with Crippen LogP contribution in [0.1, 0.15) is 51.3 Å². The number of carbonyl (C=O) groups is 1. The summed E-state index contributed by atoms with van der Waals surface area (Å²) in [5, 5.41) is 3.35.